The van der Waals surface area contributed by atoms with Gasteiger partial charge in [-0.3, -0.25) is 5.84 Å². The minimum absolute atomic E-state index is 0.288. The number of benzene rings is 1. The molecule has 17 heavy (non-hydrogen) atoms. The van der Waals surface area contributed by atoms with E-state index in [2.05, 4.69) is 15.4 Å². The Balaban J connectivity index is 2.19. The third-order valence-electron chi connectivity index (χ3n) is 2.49. The molecule has 0 saturated carbocycles. The van der Waals surface area contributed by atoms with E-state index in [-0.39, 0.29) is 12.5 Å². The van der Waals surface area contributed by atoms with E-state index in [0.29, 0.717) is 11.4 Å². The second kappa shape index (κ2) is 5.03. The molecular formula is C11H12F2N4. The number of aromatic amines is 1. The Morgan fingerprint density at radius 1 is 1.41 bits per heavy atom. The molecule has 0 spiro atoms. The van der Waals surface area contributed by atoms with E-state index in [0.717, 1.165) is 6.07 Å². The lowest BCUT2D eigenvalue weighted by Gasteiger charge is -2.13. The number of hydrogen-bond donors (Lipinski definition) is 3. The summed E-state index contributed by atoms with van der Waals surface area (Å²) in [5, 5.41) is 0. The number of nitrogens with two attached hydrogens (primary N) is 1. The van der Waals surface area contributed by atoms with Crippen LogP contribution in [0.15, 0.2) is 30.6 Å². The first kappa shape index (κ1) is 11.7. The first-order valence-corrected chi connectivity index (χ1v) is 5.10. The van der Waals surface area contributed by atoms with E-state index in [1.165, 1.54) is 12.1 Å². The van der Waals surface area contributed by atoms with Crippen LogP contribution in [-0.4, -0.2) is 9.97 Å². The first-order chi connectivity index (χ1) is 8.20. The van der Waals surface area contributed by atoms with Crippen molar-refractivity contribution in [1.29, 1.82) is 0 Å². The zero-order valence-electron chi connectivity index (χ0n) is 8.95. The normalized spacial score (nSPS) is 12.6. The van der Waals surface area contributed by atoms with Gasteiger partial charge in [0.15, 0.2) is 0 Å². The Morgan fingerprint density at radius 2 is 2.24 bits per heavy atom. The van der Waals surface area contributed by atoms with Crippen LogP contribution in [-0.2, 0) is 6.42 Å². The number of nitrogens with one attached hydrogen (secondary N) is 2. The molecule has 0 aliphatic rings. The van der Waals surface area contributed by atoms with Gasteiger partial charge in [0.25, 0.3) is 0 Å². The summed E-state index contributed by atoms with van der Waals surface area (Å²) in [4.78, 5) is 6.93. The van der Waals surface area contributed by atoms with Gasteiger partial charge in [0.05, 0.1) is 6.04 Å². The van der Waals surface area contributed by atoms with Gasteiger partial charge in [-0.15, -0.1) is 0 Å². The first-order valence-electron chi connectivity index (χ1n) is 5.10. The highest BCUT2D eigenvalue weighted by molar-refractivity contribution is 5.20. The molecule has 0 bridgehead atoms. The van der Waals surface area contributed by atoms with Crippen molar-refractivity contribution < 1.29 is 8.78 Å². The fourth-order valence-electron chi connectivity index (χ4n) is 1.61. The van der Waals surface area contributed by atoms with Crippen LogP contribution >= 0.6 is 0 Å². The van der Waals surface area contributed by atoms with Crippen molar-refractivity contribution in [2.45, 2.75) is 12.5 Å². The van der Waals surface area contributed by atoms with E-state index >= 15 is 0 Å². The molecule has 0 radical (unpaired) electrons. The van der Waals surface area contributed by atoms with Gasteiger partial charge in [0.2, 0.25) is 0 Å². The van der Waals surface area contributed by atoms with Crippen molar-refractivity contribution in [2.24, 2.45) is 5.84 Å². The second-order valence-electron chi connectivity index (χ2n) is 3.63. The molecule has 0 fully saturated rings. The SMILES string of the molecule is NNC(Cc1ccc(F)cc1F)c1ncc[nH]1. The smallest absolute Gasteiger partial charge is 0.129 e. The maximum Gasteiger partial charge on any atom is 0.129 e. The molecule has 0 aliphatic heterocycles. The second-order valence-corrected chi connectivity index (χ2v) is 3.63. The summed E-state index contributed by atoms with van der Waals surface area (Å²) >= 11 is 0. The molecule has 90 valence electrons. The molecule has 1 aromatic carbocycles. The van der Waals surface area contributed by atoms with E-state index in [4.69, 9.17) is 5.84 Å². The van der Waals surface area contributed by atoms with Gasteiger partial charge in [0, 0.05) is 18.5 Å². The van der Waals surface area contributed by atoms with Crippen LogP contribution in [0.5, 0.6) is 0 Å². The van der Waals surface area contributed by atoms with Gasteiger partial charge < -0.3 is 4.98 Å². The lowest BCUT2D eigenvalue weighted by molar-refractivity contribution is 0.505. The number of aromatic nitrogens is 2. The molecule has 0 aliphatic carbocycles. The van der Waals surface area contributed by atoms with Gasteiger partial charge in [0.1, 0.15) is 17.5 Å². The maximum atomic E-state index is 13.4. The molecule has 0 saturated heterocycles. The zero-order valence-corrected chi connectivity index (χ0v) is 8.95. The van der Waals surface area contributed by atoms with Crippen molar-refractivity contribution in [3.05, 3.63) is 53.6 Å². The number of hydrazine groups is 1. The third kappa shape index (κ3) is 2.66. The monoisotopic (exact) mass is 238 g/mol. The lowest BCUT2D eigenvalue weighted by atomic mass is 10.1. The van der Waals surface area contributed by atoms with Gasteiger partial charge >= 0.3 is 0 Å². The molecule has 6 heteroatoms. The van der Waals surface area contributed by atoms with Crippen molar-refractivity contribution in [3.63, 3.8) is 0 Å². The number of halogens is 2. The highest BCUT2D eigenvalue weighted by atomic mass is 19.1. The molecule has 0 amide bonds. The summed E-state index contributed by atoms with van der Waals surface area (Å²) in [5.41, 5.74) is 2.92. The average Bonchev–Trinajstić information content (AvgIpc) is 2.81. The molecule has 1 atom stereocenters. The van der Waals surface area contributed by atoms with Crippen molar-refractivity contribution in [3.8, 4) is 0 Å². The van der Waals surface area contributed by atoms with Crippen LogP contribution in [0.1, 0.15) is 17.4 Å². The number of nitrogens with zero attached hydrogens (tertiary/aromatic N) is 1. The lowest BCUT2D eigenvalue weighted by Crippen LogP contribution is -2.30. The Hall–Kier alpha value is -1.79. The fourth-order valence-corrected chi connectivity index (χ4v) is 1.61. The Morgan fingerprint density at radius 3 is 2.82 bits per heavy atom. The molecule has 4 N–H and O–H groups in total. The maximum absolute atomic E-state index is 13.4. The van der Waals surface area contributed by atoms with Crippen LogP contribution in [0.2, 0.25) is 0 Å². The van der Waals surface area contributed by atoms with E-state index < -0.39 is 11.6 Å². The standard InChI is InChI=1S/C11H12F2N4/c12-8-2-1-7(9(13)6-8)5-10(17-14)11-15-3-4-16-11/h1-4,6,10,17H,5,14H2,(H,15,16). The summed E-state index contributed by atoms with van der Waals surface area (Å²) in [6.45, 7) is 0. The largest absolute Gasteiger partial charge is 0.347 e. The minimum atomic E-state index is -0.596. The van der Waals surface area contributed by atoms with E-state index in [9.17, 15) is 8.78 Å². The number of rotatable bonds is 4. The van der Waals surface area contributed by atoms with E-state index in [1.54, 1.807) is 12.4 Å². The molecule has 1 heterocycles. The summed E-state index contributed by atoms with van der Waals surface area (Å²) in [7, 11) is 0. The number of hydrogen-bond acceptors (Lipinski definition) is 3. The number of H-pyrrole nitrogens is 1. The van der Waals surface area contributed by atoms with Crippen LogP contribution < -0.4 is 11.3 Å². The summed E-state index contributed by atoms with van der Waals surface area (Å²) < 4.78 is 26.2. The highest BCUT2D eigenvalue weighted by Gasteiger charge is 2.15. The van der Waals surface area contributed by atoms with Gasteiger partial charge in [-0.2, -0.15) is 0 Å². The Kier molecular flexibility index (Phi) is 3.46. The average molecular weight is 238 g/mol. The fraction of sp³-hybridized carbons (Fsp3) is 0.182. The van der Waals surface area contributed by atoms with Gasteiger partial charge in [-0.25, -0.2) is 19.2 Å². The van der Waals surface area contributed by atoms with Gasteiger partial charge in [-0.1, -0.05) is 6.07 Å². The number of imidazole rings is 1. The van der Waals surface area contributed by atoms with Crippen molar-refractivity contribution in [1.82, 2.24) is 15.4 Å². The quantitative estimate of drug-likeness (QED) is 0.557. The van der Waals surface area contributed by atoms with Crippen LogP contribution in [0, 0.1) is 11.6 Å². The van der Waals surface area contributed by atoms with Crippen molar-refractivity contribution in [2.75, 3.05) is 0 Å². The van der Waals surface area contributed by atoms with Crippen LogP contribution in [0.3, 0.4) is 0 Å². The third-order valence-corrected chi connectivity index (χ3v) is 2.49. The van der Waals surface area contributed by atoms with Crippen LogP contribution in [0.25, 0.3) is 0 Å². The topological polar surface area (TPSA) is 66.7 Å². The molecular weight excluding hydrogens is 226 g/mol. The molecule has 2 rings (SSSR count). The predicted octanol–water partition coefficient (Wildman–Crippen LogP) is 1.43. The predicted molar refractivity (Wildman–Crippen MR) is 58.7 cm³/mol. The molecule has 1 unspecified atom stereocenters. The van der Waals surface area contributed by atoms with Crippen LogP contribution in [0.4, 0.5) is 8.78 Å². The Labute approximate surface area is 96.8 Å². The zero-order chi connectivity index (χ0) is 12.3. The summed E-state index contributed by atoms with van der Waals surface area (Å²) in [6.07, 6.45) is 3.53. The molecule has 1 aromatic heterocycles. The Bertz CT molecular complexity index is 484. The minimum Gasteiger partial charge on any atom is -0.347 e. The summed E-state index contributed by atoms with van der Waals surface area (Å²) in [6, 6.07) is 3.13. The summed E-state index contributed by atoms with van der Waals surface area (Å²) in [5.74, 6) is 4.81. The molecule has 4 nitrogen and oxygen atoms in total. The van der Waals surface area contributed by atoms with E-state index in [1.807, 2.05) is 0 Å². The van der Waals surface area contributed by atoms with Gasteiger partial charge in [-0.05, 0) is 18.1 Å². The highest BCUT2D eigenvalue weighted by Crippen LogP contribution is 2.17. The molecule has 2 aromatic rings. The van der Waals surface area contributed by atoms with Crippen molar-refractivity contribution >= 4 is 0 Å².